The zero-order chi connectivity index (χ0) is 16.5. The maximum atomic E-state index is 11.9. The molecule has 1 aromatic rings. The fourth-order valence-electron chi connectivity index (χ4n) is 1.90. The summed E-state index contributed by atoms with van der Waals surface area (Å²) < 4.78 is 15.1. The van der Waals surface area contributed by atoms with Gasteiger partial charge in [-0.2, -0.15) is 0 Å². The molecule has 0 aromatic heterocycles. The lowest BCUT2D eigenvalue weighted by Crippen LogP contribution is -2.17. The average Bonchev–Trinajstić information content (AvgIpc) is 2.53. The predicted molar refractivity (Wildman–Crippen MR) is 82.7 cm³/mol. The van der Waals surface area contributed by atoms with Crippen molar-refractivity contribution in [3.05, 3.63) is 17.7 Å². The van der Waals surface area contributed by atoms with Crippen molar-refractivity contribution in [3.63, 3.8) is 0 Å². The fraction of sp³-hybridized carbons (Fsp3) is 0.467. The number of carbonyl (C=O) groups is 2. The largest absolute Gasteiger partial charge is 0.493 e. The molecule has 7 nitrogen and oxygen atoms in total. The summed E-state index contributed by atoms with van der Waals surface area (Å²) in [5.74, 6) is 0.0517. The molecule has 122 valence electrons. The first-order valence-corrected chi connectivity index (χ1v) is 6.86. The van der Waals surface area contributed by atoms with Gasteiger partial charge in [0.05, 0.1) is 32.6 Å². The average molecular weight is 310 g/mol. The van der Waals surface area contributed by atoms with Crippen LogP contribution in [0.4, 0.5) is 5.69 Å². The van der Waals surface area contributed by atoms with Gasteiger partial charge in [-0.15, -0.1) is 0 Å². The van der Waals surface area contributed by atoms with Crippen molar-refractivity contribution in [2.24, 2.45) is 0 Å². The first kappa shape index (κ1) is 17.8. The van der Waals surface area contributed by atoms with Crippen molar-refractivity contribution in [1.29, 1.82) is 0 Å². The molecule has 0 saturated heterocycles. The van der Waals surface area contributed by atoms with E-state index in [-0.39, 0.29) is 11.5 Å². The maximum absolute atomic E-state index is 11.9. The Morgan fingerprint density at radius 1 is 1.09 bits per heavy atom. The number of anilines is 1. The smallest absolute Gasteiger partial charge is 0.340 e. The number of carbonyl (C=O) groups excluding carboxylic acids is 2. The van der Waals surface area contributed by atoms with Crippen LogP contribution in [0.3, 0.4) is 0 Å². The van der Waals surface area contributed by atoms with Gasteiger partial charge in [0.1, 0.15) is 0 Å². The molecule has 0 aliphatic heterocycles. The van der Waals surface area contributed by atoms with Crippen LogP contribution < -0.4 is 20.1 Å². The number of nitrogens with one attached hydrogen (secondary N) is 2. The van der Waals surface area contributed by atoms with Gasteiger partial charge in [0, 0.05) is 18.6 Å². The molecule has 7 heteroatoms. The standard InChI is InChI=1S/C15H22N2O5/c1-16-7-5-6-14(18)17-11-9-13(21-3)12(20-2)8-10(11)15(19)22-4/h8-9,16H,5-7H2,1-4H3,(H,17,18). The van der Waals surface area contributed by atoms with E-state index in [4.69, 9.17) is 14.2 Å². The molecule has 0 aliphatic carbocycles. The van der Waals surface area contributed by atoms with Crippen LogP contribution in [0, 0.1) is 0 Å². The molecule has 0 unspecified atom stereocenters. The third-order valence-electron chi connectivity index (χ3n) is 3.03. The van der Waals surface area contributed by atoms with Crippen LogP contribution in [0.2, 0.25) is 0 Å². The van der Waals surface area contributed by atoms with Crippen molar-refractivity contribution in [2.75, 3.05) is 40.2 Å². The highest BCUT2D eigenvalue weighted by Gasteiger charge is 2.18. The normalized spacial score (nSPS) is 10.0. The van der Waals surface area contributed by atoms with E-state index in [1.165, 1.54) is 27.4 Å². The first-order chi connectivity index (χ1) is 10.6. The van der Waals surface area contributed by atoms with E-state index >= 15 is 0 Å². The maximum Gasteiger partial charge on any atom is 0.340 e. The quantitative estimate of drug-likeness (QED) is 0.558. The van der Waals surface area contributed by atoms with E-state index in [2.05, 4.69) is 10.6 Å². The Kier molecular flexibility index (Phi) is 7.18. The third-order valence-corrected chi connectivity index (χ3v) is 3.03. The van der Waals surface area contributed by atoms with E-state index in [1.807, 2.05) is 7.05 Å². The Hall–Kier alpha value is -2.28. The summed E-state index contributed by atoms with van der Waals surface area (Å²) in [7, 11) is 6.04. The molecule has 0 bridgehead atoms. The van der Waals surface area contributed by atoms with Gasteiger partial charge >= 0.3 is 5.97 Å². The summed E-state index contributed by atoms with van der Waals surface area (Å²) >= 11 is 0. The second kappa shape index (κ2) is 8.89. The minimum absolute atomic E-state index is 0.187. The van der Waals surface area contributed by atoms with Crippen LogP contribution in [0.1, 0.15) is 23.2 Å². The summed E-state index contributed by atoms with van der Waals surface area (Å²) in [5, 5.41) is 5.68. The Bertz CT molecular complexity index is 531. The Balaban J connectivity index is 3.04. The van der Waals surface area contributed by atoms with Gasteiger partial charge in [0.15, 0.2) is 11.5 Å². The lowest BCUT2D eigenvalue weighted by atomic mass is 10.1. The van der Waals surface area contributed by atoms with Crippen LogP contribution in [0.25, 0.3) is 0 Å². The van der Waals surface area contributed by atoms with Crippen molar-refractivity contribution < 1.29 is 23.8 Å². The predicted octanol–water partition coefficient (Wildman–Crippen LogP) is 1.43. The number of benzene rings is 1. The molecule has 0 fully saturated rings. The van der Waals surface area contributed by atoms with E-state index in [0.717, 1.165) is 6.54 Å². The van der Waals surface area contributed by atoms with E-state index < -0.39 is 5.97 Å². The molecule has 1 rings (SSSR count). The summed E-state index contributed by atoms with van der Waals surface area (Å²) in [6.45, 7) is 0.739. The highest BCUT2D eigenvalue weighted by molar-refractivity contribution is 6.02. The van der Waals surface area contributed by atoms with Gasteiger partial charge in [-0.1, -0.05) is 0 Å². The minimum Gasteiger partial charge on any atom is -0.493 e. The summed E-state index contributed by atoms with van der Waals surface area (Å²) in [6, 6.07) is 3.02. The molecular weight excluding hydrogens is 288 g/mol. The zero-order valence-electron chi connectivity index (χ0n) is 13.3. The summed E-state index contributed by atoms with van der Waals surface area (Å²) in [5.41, 5.74) is 0.543. The highest BCUT2D eigenvalue weighted by atomic mass is 16.5. The minimum atomic E-state index is -0.563. The lowest BCUT2D eigenvalue weighted by molar-refractivity contribution is -0.116. The van der Waals surface area contributed by atoms with Crippen molar-refractivity contribution in [3.8, 4) is 11.5 Å². The number of rotatable bonds is 8. The van der Waals surface area contributed by atoms with Crippen molar-refractivity contribution in [2.45, 2.75) is 12.8 Å². The summed E-state index contributed by atoms with van der Waals surface area (Å²) in [6.07, 6.45) is 1.04. The van der Waals surface area contributed by atoms with E-state index in [0.29, 0.717) is 30.0 Å². The molecule has 2 N–H and O–H groups in total. The van der Waals surface area contributed by atoms with Gasteiger partial charge < -0.3 is 24.8 Å². The SMILES string of the molecule is CNCCCC(=O)Nc1cc(OC)c(OC)cc1C(=O)OC. The second-order valence-corrected chi connectivity index (χ2v) is 4.50. The van der Waals surface area contributed by atoms with Crippen LogP contribution >= 0.6 is 0 Å². The van der Waals surface area contributed by atoms with Gasteiger partial charge in [-0.05, 0) is 20.0 Å². The molecule has 1 aromatic carbocycles. The number of ether oxygens (including phenoxy) is 3. The number of esters is 1. The molecule has 0 radical (unpaired) electrons. The lowest BCUT2D eigenvalue weighted by Gasteiger charge is -2.14. The molecular formula is C15H22N2O5. The summed E-state index contributed by atoms with van der Waals surface area (Å²) in [4.78, 5) is 23.8. The van der Waals surface area contributed by atoms with Crippen molar-refractivity contribution in [1.82, 2.24) is 5.32 Å². The van der Waals surface area contributed by atoms with Gasteiger partial charge in [-0.3, -0.25) is 4.79 Å². The van der Waals surface area contributed by atoms with E-state index in [9.17, 15) is 9.59 Å². The highest BCUT2D eigenvalue weighted by Crippen LogP contribution is 2.33. The van der Waals surface area contributed by atoms with Crippen LogP contribution in [-0.4, -0.2) is 46.8 Å². The first-order valence-electron chi connectivity index (χ1n) is 6.86. The van der Waals surface area contributed by atoms with Crippen LogP contribution in [0.5, 0.6) is 11.5 Å². The second-order valence-electron chi connectivity index (χ2n) is 4.50. The molecule has 0 saturated carbocycles. The number of hydrogen-bond acceptors (Lipinski definition) is 6. The number of methoxy groups -OCH3 is 3. The van der Waals surface area contributed by atoms with E-state index in [1.54, 1.807) is 6.07 Å². The van der Waals surface area contributed by atoms with Crippen molar-refractivity contribution >= 4 is 17.6 Å². The molecule has 0 atom stereocenters. The number of hydrogen-bond donors (Lipinski definition) is 2. The Morgan fingerprint density at radius 2 is 1.73 bits per heavy atom. The molecule has 22 heavy (non-hydrogen) atoms. The monoisotopic (exact) mass is 310 g/mol. The third kappa shape index (κ3) is 4.63. The van der Waals surface area contributed by atoms with Gasteiger partial charge in [-0.25, -0.2) is 4.79 Å². The Morgan fingerprint density at radius 3 is 2.27 bits per heavy atom. The number of amides is 1. The van der Waals surface area contributed by atoms with Gasteiger partial charge in [0.25, 0.3) is 0 Å². The molecule has 0 heterocycles. The van der Waals surface area contributed by atoms with Crippen LogP contribution in [-0.2, 0) is 9.53 Å². The molecule has 0 aliphatic rings. The fourth-order valence-corrected chi connectivity index (χ4v) is 1.90. The molecule has 1 amide bonds. The molecule has 0 spiro atoms. The zero-order valence-corrected chi connectivity index (χ0v) is 13.3. The van der Waals surface area contributed by atoms with Crippen LogP contribution in [0.15, 0.2) is 12.1 Å². The van der Waals surface area contributed by atoms with Gasteiger partial charge in [0.2, 0.25) is 5.91 Å². The Labute approximate surface area is 129 Å². The topological polar surface area (TPSA) is 85.9 Å².